The molecule has 2 heterocycles. The lowest BCUT2D eigenvalue weighted by Gasteiger charge is -2.28. The van der Waals surface area contributed by atoms with Gasteiger partial charge in [0.25, 0.3) is 0 Å². The minimum Gasteiger partial charge on any atom is -0.491 e. The minimum absolute atomic E-state index is 0.281. The maximum atomic E-state index is 10.4. The predicted octanol–water partition coefficient (Wildman–Crippen LogP) is 3.70. The molecule has 0 bridgehead atoms. The summed E-state index contributed by atoms with van der Waals surface area (Å²) in [5.74, 6) is 2.38. The topological polar surface area (TPSA) is 60.4 Å². The van der Waals surface area contributed by atoms with Crippen LogP contribution in [0.4, 0.5) is 0 Å². The highest BCUT2D eigenvalue weighted by Crippen LogP contribution is 2.38. The third-order valence-electron chi connectivity index (χ3n) is 5.38. The van der Waals surface area contributed by atoms with Gasteiger partial charge in [0.1, 0.15) is 25.6 Å². The molecule has 0 aromatic heterocycles. The summed E-state index contributed by atoms with van der Waals surface area (Å²) in [7, 11) is 0. The zero-order valence-electron chi connectivity index (χ0n) is 17.0. The maximum absolute atomic E-state index is 10.4. The second-order valence-corrected chi connectivity index (χ2v) is 8.02. The monoisotopic (exact) mass is 433 g/mol. The molecule has 0 aliphatic carbocycles. The Bertz CT molecular complexity index is 816. The molecule has 1 saturated heterocycles. The summed E-state index contributed by atoms with van der Waals surface area (Å²) in [6.45, 7) is 3.87. The number of likely N-dealkylation sites (tertiary alicyclic amines) is 1. The number of aliphatic hydroxyl groups excluding tert-OH is 1. The van der Waals surface area contributed by atoms with Crippen molar-refractivity contribution in [2.45, 2.75) is 25.0 Å². The summed E-state index contributed by atoms with van der Waals surface area (Å²) >= 11 is 5.86. The van der Waals surface area contributed by atoms with Gasteiger partial charge < -0.3 is 24.1 Å². The van der Waals surface area contributed by atoms with Crippen molar-refractivity contribution in [2.24, 2.45) is 0 Å². The Kier molecular flexibility index (Phi) is 7.33. The third-order valence-corrected chi connectivity index (χ3v) is 5.63. The lowest BCUT2D eigenvalue weighted by atomic mass is 10.0. The van der Waals surface area contributed by atoms with Crippen LogP contribution in [0.3, 0.4) is 0 Å². The van der Waals surface area contributed by atoms with E-state index in [1.807, 2.05) is 18.2 Å². The van der Waals surface area contributed by atoms with Crippen LogP contribution in [0.5, 0.6) is 17.2 Å². The van der Waals surface area contributed by atoms with Crippen molar-refractivity contribution in [3.8, 4) is 17.2 Å². The first-order valence-corrected chi connectivity index (χ1v) is 10.8. The number of β-amino-alcohol motifs (C(OH)–C–C–N with tert-alkyl or cyclic N) is 1. The van der Waals surface area contributed by atoms with E-state index in [4.69, 9.17) is 30.5 Å². The lowest BCUT2D eigenvalue weighted by Crippen LogP contribution is -2.35. The Hall–Kier alpha value is -1.99. The first-order valence-electron chi connectivity index (χ1n) is 10.5. The number of aliphatic hydroxyl groups is 1. The molecule has 2 aliphatic rings. The summed E-state index contributed by atoms with van der Waals surface area (Å²) in [5.41, 5.74) is 1.21. The molecule has 2 unspecified atom stereocenters. The first-order chi connectivity index (χ1) is 14.7. The van der Waals surface area contributed by atoms with Gasteiger partial charge in [-0.2, -0.15) is 0 Å². The molecular weight excluding hydrogens is 406 g/mol. The molecule has 2 aromatic carbocycles. The van der Waals surface area contributed by atoms with Crippen LogP contribution in [0.1, 0.15) is 24.4 Å². The van der Waals surface area contributed by atoms with Gasteiger partial charge >= 0.3 is 0 Å². The van der Waals surface area contributed by atoms with Gasteiger partial charge in [0, 0.05) is 17.6 Å². The SMILES string of the molecule is OC(COCCOc1ccc(Cl)cc1)CN1CCCC1c1ccc2c(c1)OCCO2. The standard InChI is InChI=1S/C23H28ClNO5/c24-18-4-6-20(7-5-18)28-11-10-27-16-19(26)15-25-9-1-2-21(25)17-3-8-22-23(14-17)30-13-12-29-22/h3-8,14,19,21,26H,1-2,9-13,15-16H2. The summed E-state index contributed by atoms with van der Waals surface area (Å²) in [6.07, 6.45) is 1.64. The maximum Gasteiger partial charge on any atom is 0.161 e. The van der Waals surface area contributed by atoms with E-state index in [2.05, 4.69) is 17.0 Å². The predicted molar refractivity (Wildman–Crippen MR) is 115 cm³/mol. The third kappa shape index (κ3) is 5.58. The average Bonchev–Trinajstić information content (AvgIpc) is 3.22. The molecule has 162 valence electrons. The molecule has 0 radical (unpaired) electrons. The Morgan fingerprint density at radius 1 is 1.07 bits per heavy atom. The number of halogens is 1. The van der Waals surface area contributed by atoms with Crippen molar-refractivity contribution in [3.05, 3.63) is 53.1 Å². The summed E-state index contributed by atoms with van der Waals surface area (Å²) in [5, 5.41) is 11.1. The Balaban J connectivity index is 1.21. The molecule has 0 spiro atoms. The van der Waals surface area contributed by atoms with Crippen LogP contribution >= 0.6 is 11.6 Å². The van der Waals surface area contributed by atoms with E-state index in [0.717, 1.165) is 36.6 Å². The van der Waals surface area contributed by atoms with Crippen molar-refractivity contribution in [3.63, 3.8) is 0 Å². The minimum atomic E-state index is -0.543. The van der Waals surface area contributed by atoms with E-state index >= 15 is 0 Å². The van der Waals surface area contributed by atoms with Crippen LogP contribution in [0.25, 0.3) is 0 Å². The number of benzene rings is 2. The highest BCUT2D eigenvalue weighted by Gasteiger charge is 2.28. The van der Waals surface area contributed by atoms with Gasteiger partial charge in [-0.25, -0.2) is 0 Å². The van der Waals surface area contributed by atoms with Gasteiger partial charge in [-0.05, 0) is 61.3 Å². The molecule has 1 fully saturated rings. The smallest absolute Gasteiger partial charge is 0.161 e. The van der Waals surface area contributed by atoms with Gasteiger partial charge in [-0.15, -0.1) is 0 Å². The number of nitrogens with zero attached hydrogens (tertiary/aromatic N) is 1. The summed E-state index contributed by atoms with van der Waals surface area (Å²) in [6, 6.07) is 13.7. The van der Waals surface area contributed by atoms with E-state index in [-0.39, 0.29) is 12.6 Å². The molecule has 6 nitrogen and oxygen atoms in total. The fourth-order valence-electron chi connectivity index (χ4n) is 3.98. The molecule has 7 heteroatoms. The van der Waals surface area contributed by atoms with Crippen LogP contribution in [0.15, 0.2) is 42.5 Å². The van der Waals surface area contributed by atoms with Gasteiger partial charge in [0.15, 0.2) is 11.5 Å². The van der Waals surface area contributed by atoms with Crippen LogP contribution in [0, 0.1) is 0 Å². The number of fused-ring (bicyclic) bond motifs is 1. The number of rotatable bonds is 9. The fraction of sp³-hybridized carbons (Fsp3) is 0.478. The van der Waals surface area contributed by atoms with Gasteiger partial charge in [-0.3, -0.25) is 4.90 Å². The highest BCUT2D eigenvalue weighted by atomic mass is 35.5. The van der Waals surface area contributed by atoms with Crippen LogP contribution in [-0.4, -0.2) is 62.2 Å². The second-order valence-electron chi connectivity index (χ2n) is 7.59. The van der Waals surface area contributed by atoms with Gasteiger partial charge in [0.05, 0.1) is 19.3 Å². The molecule has 0 saturated carbocycles. The average molecular weight is 434 g/mol. The molecule has 30 heavy (non-hydrogen) atoms. The van der Waals surface area contributed by atoms with E-state index in [1.54, 1.807) is 12.1 Å². The van der Waals surface area contributed by atoms with Crippen molar-refractivity contribution in [1.29, 1.82) is 0 Å². The molecule has 0 amide bonds. The lowest BCUT2D eigenvalue weighted by molar-refractivity contribution is 0.00584. The quantitative estimate of drug-likeness (QED) is 0.608. The van der Waals surface area contributed by atoms with Crippen LogP contribution < -0.4 is 14.2 Å². The first kappa shape index (κ1) is 21.2. The van der Waals surface area contributed by atoms with Crippen LogP contribution in [0.2, 0.25) is 5.02 Å². The summed E-state index contributed by atoms with van der Waals surface area (Å²) < 4.78 is 22.5. The van der Waals surface area contributed by atoms with Crippen molar-refractivity contribution < 1.29 is 24.1 Å². The zero-order chi connectivity index (χ0) is 20.8. The van der Waals surface area contributed by atoms with Crippen molar-refractivity contribution in [1.82, 2.24) is 4.90 Å². The molecule has 2 aromatic rings. The Morgan fingerprint density at radius 3 is 2.70 bits per heavy atom. The van der Waals surface area contributed by atoms with Crippen LogP contribution in [-0.2, 0) is 4.74 Å². The highest BCUT2D eigenvalue weighted by molar-refractivity contribution is 6.30. The van der Waals surface area contributed by atoms with E-state index in [9.17, 15) is 5.11 Å². The fourth-order valence-corrected chi connectivity index (χ4v) is 4.11. The molecule has 4 rings (SSSR count). The van der Waals surface area contributed by atoms with E-state index in [1.165, 1.54) is 5.56 Å². The summed E-state index contributed by atoms with van der Waals surface area (Å²) in [4.78, 5) is 2.32. The molecule has 2 aliphatic heterocycles. The van der Waals surface area contributed by atoms with Gasteiger partial charge in [-0.1, -0.05) is 17.7 Å². The van der Waals surface area contributed by atoms with E-state index in [0.29, 0.717) is 38.0 Å². The number of hydrogen-bond acceptors (Lipinski definition) is 6. The Labute approximate surface area is 182 Å². The van der Waals surface area contributed by atoms with Gasteiger partial charge in [0.2, 0.25) is 0 Å². The molecular formula is C23H28ClNO5. The largest absolute Gasteiger partial charge is 0.491 e. The molecule has 2 atom stereocenters. The second kappa shape index (κ2) is 10.4. The van der Waals surface area contributed by atoms with Crippen molar-refractivity contribution >= 4 is 11.6 Å². The van der Waals surface area contributed by atoms with E-state index < -0.39 is 6.10 Å². The van der Waals surface area contributed by atoms with Crippen molar-refractivity contribution in [2.75, 3.05) is 46.1 Å². The Morgan fingerprint density at radius 2 is 1.87 bits per heavy atom. The molecule has 1 N–H and O–H groups in total. The number of hydrogen-bond donors (Lipinski definition) is 1. The zero-order valence-corrected chi connectivity index (χ0v) is 17.7. The number of ether oxygens (including phenoxy) is 4. The normalized spacial score (nSPS) is 19.6.